The van der Waals surface area contributed by atoms with Crippen LogP contribution in [0.5, 0.6) is 0 Å². The van der Waals surface area contributed by atoms with Gasteiger partial charge < -0.3 is 14.2 Å². The summed E-state index contributed by atoms with van der Waals surface area (Å²) in [7, 11) is 0. The first-order valence-electron chi connectivity index (χ1n) is 31.2. The minimum atomic E-state index is -0.782. The zero-order valence-corrected chi connectivity index (χ0v) is 47.5. The van der Waals surface area contributed by atoms with E-state index < -0.39 is 6.10 Å². The van der Waals surface area contributed by atoms with Gasteiger partial charge in [0.2, 0.25) is 0 Å². The third-order valence-electron chi connectivity index (χ3n) is 13.8. The van der Waals surface area contributed by atoms with Crippen LogP contribution < -0.4 is 0 Å². The third kappa shape index (κ3) is 58.1. The van der Waals surface area contributed by atoms with Gasteiger partial charge in [-0.3, -0.25) is 14.4 Å². The molecule has 0 N–H and O–H groups in total. The number of esters is 3. The molecule has 0 aromatic carbocycles. The zero-order valence-electron chi connectivity index (χ0n) is 47.5. The molecule has 1 atom stereocenters. The molecule has 71 heavy (non-hydrogen) atoms. The van der Waals surface area contributed by atoms with Crippen LogP contribution in [0.4, 0.5) is 0 Å². The molecule has 0 saturated heterocycles. The molecule has 0 aliphatic carbocycles. The maximum absolute atomic E-state index is 12.9. The normalized spacial score (nSPS) is 12.3. The Balaban J connectivity index is 4.37. The van der Waals surface area contributed by atoms with Gasteiger partial charge in [0, 0.05) is 19.3 Å². The van der Waals surface area contributed by atoms with E-state index in [1.54, 1.807) is 0 Å². The lowest BCUT2D eigenvalue weighted by Gasteiger charge is -2.18. The van der Waals surface area contributed by atoms with Gasteiger partial charge in [-0.1, -0.05) is 262 Å². The maximum atomic E-state index is 12.9. The SMILES string of the molecule is CCCCC/C=C\C=C/CCCCCCCCCCCCC(=O)OCC(COC(=O)CCCCCCC/C=C\CCCCCCCCC)OC(=O)CCCCCCC/C=C\CCCCCCCCCCC. The Hall–Kier alpha value is -2.63. The Morgan fingerprint density at radius 3 is 0.817 bits per heavy atom. The number of carbonyl (C=O) groups is 3. The lowest BCUT2D eigenvalue weighted by molar-refractivity contribution is -0.167. The highest BCUT2D eigenvalue weighted by atomic mass is 16.6. The molecule has 0 aromatic rings. The van der Waals surface area contributed by atoms with Crippen molar-refractivity contribution in [2.24, 2.45) is 0 Å². The minimum Gasteiger partial charge on any atom is -0.462 e. The highest BCUT2D eigenvalue weighted by molar-refractivity contribution is 5.71. The summed E-state index contributed by atoms with van der Waals surface area (Å²) in [5.74, 6) is -0.881. The number of hydrogen-bond acceptors (Lipinski definition) is 6. The van der Waals surface area contributed by atoms with Crippen molar-refractivity contribution in [3.05, 3.63) is 48.6 Å². The van der Waals surface area contributed by atoms with Crippen LogP contribution in [0.3, 0.4) is 0 Å². The topological polar surface area (TPSA) is 78.9 Å². The summed E-state index contributed by atoms with van der Waals surface area (Å²) >= 11 is 0. The van der Waals surface area contributed by atoms with Gasteiger partial charge in [-0.2, -0.15) is 0 Å². The average molecular weight is 996 g/mol. The van der Waals surface area contributed by atoms with Gasteiger partial charge >= 0.3 is 17.9 Å². The molecule has 0 amide bonds. The minimum absolute atomic E-state index is 0.0789. The second-order valence-corrected chi connectivity index (χ2v) is 21.0. The molecular weight excluding hydrogens is 877 g/mol. The van der Waals surface area contributed by atoms with Crippen LogP contribution in [0.2, 0.25) is 0 Å². The van der Waals surface area contributed by atoms with Crippen LogP contribution in [0.1, 0.15) is 329 Å². The summed E-state index contributed by atoms with van der Waals surface area (Å²) in [6, 6.07) is 0. The third-order valence-corrected chi connectivity index (χ3v) is 13.8. The van der Waals surface area contributed by atoms with Crippen LogP contribution >= 0.6 is 0 Å². The predicted octanol–water partition coefficient (Wildman–Crippen LogP) is 21.0. The number of unbranched alkanes of at least 4 members (excludes halogenated alkanes) is 39. The molecular formula is C65H118O6. The van der Waals surface area contributed by atoms with Crippen LogP contribution in [-0.2, 0) is 28.6 Å². The van der Waals surface area contributed by atoms with Gasteiger partial charge in [-0.15, -0.1) is 0 Å². The van der Waals surface area contributed by atoms with Crippen LogP contribution in [0, 0.1) is 0 Å². The fourth-order valence-electron chi connectivity index (χ4n) is 9.07. The van der Waals surface area contributed by atoms with Crippen molar-refractivity contribution in [2.45, 2.75) is 335 Å². The van der Waals surface area contributed by atoms with E-state index in [0.29, 0.717) is 19.3 Å². The van der Waals surface area contributed by atoms with E-state index in [-0.39, 0.29) is 31.1 Å². The second-order valence-electron chi connectivity index (χ2n) is 21.0. The molecule has 0 fully saturated rings. The molecule has 6 heteroatoms. The molecule has 6 nitrogen and oxygen atoms in total. The summed E-state index contributed by atoms with van der Waals surface area (Å²) in [6.45, 7) is 6.64. The quantitative estimate of drug-likeness (QED) is 0.0199. The first kappa shape index (κ1) is 68.4. The van der Waals surface area contributed by atoms with Gasteiger partial charge in [-0.25, -0.2) is 0 Å². The van der Waals surface area contributed by atoms with Gasteiger partial charge in [0.25, 0.3) is 0 Å². The van der Waals surface area contributed by atoms with Crippen molar-refractivity contribution in [1.29, 1.82) is 0 Å². The largest absolute Gasteiger partial charge is 0.462 e. The van der Waals surface area contributed by atoms with Gasteiger partial charge in [0.05, 0.1) is 0 Å². The van der Waals surface area contributed by atoms with E-state index in [1.807, 2.05) is 0 Å². The standard InChI is InChI=1S/C65H118O6/c1-4-7-10-13-16-19-22-25-28-31-33-35-37-40-43-46-49-52-55-58-64(67)70-61-62(60-69-63(66)57-54-51-48-45-42-39-36-30-27-24-21-18-15-12-9-6-3)71-65(68)59-56-53-50-47-44-41-38-34-32-29-26-23-20-17-14-11-8-5-2/h16,19,22,25,30,34,36,38,62H,4-15,17-18,20-21,23-24,26-29,31-33,35,37,39-61H2,1-3H3/b19-16-,25-22-,36-30-,38-34-. The van der Waals surface area contributed by atoms with Crippen molar-refractivity contribution < 1.29 is 28.6 Å². The van der Waals surface area contributed by atoms with Gasteiger partial charge in [-0.05, 0) is 96.3 Å². The summed E-state index contributed by atoms with van der Waals surface area (Å²) in [5, 5.41) is 0. The first-order chi connectivity index (χ1) is 35.0. The Morgan fingerprint density at radius 1 is 0.282 bits per heavy atom. The maximum Gasteiger partial charge on any atom is 0.306 e. The van der Waals surface area contributed by atoms with E-state index >= 15 is 0 Å². The van der Waals surface area contributed by atoms with E-state index in [4.69, 9.17) is 14.2 Å². The summed E-state index contributed by atoms with van der Waals surface area (Å²) < 4.78 is 16.9. The van der Waals surface area contributed by atoms with E-state index in [1.165, 1.54) is 218 Å². The fourth-order valence-corrected chi connectivity index (χ4v) is 9.07. The van der Waals surface area contributed by atoms with Crippen molar-refractivity contribution in [1.82, 2.24) is 0 Å². The molecule has 0 saturated carbocycles. The monoisotopic (exact) mass is 995 g/mol. The molecule has 0 radical (unpaired) electrons. The summed E-state index contributed by atoms with van der Waals surface area (Å²) in [6.07, 6.45) is 73.9. The van der Waals surface area contributed by atoms with E-state index in [9.17, 15) is 14.4 Å². The average Bonchev–Trinajstić information content (AvgIpc) is 3.37. The van der Waals surface area contributed by atoms with Crippen LogP contribution in [-0.4, -0.2) is 37.2 Å². The molecule has 0 aliphatic rings. The smallest absolute Gasteiger partial charge is 0.306 e. The zero-order chi connectivity index (χ0) is 51.4. The predicted molar refractivity (Wildman–Crippen MR) is 307 cm³/mol. The molecule has 0 heterocycles. The number of carbonyl (C=O) groups excluding carboxylic acids is 3. The Labute approximate surface area is 441 Å². The molecule has 1 unspecified atom stereocenters. The molecule has 0 aromatic heterocycles. The summed E-state index contributed by atoms with van der Waals surface area (Å²) in [4.78, 5) is 38.3. The second kappa shape index (κ2) is 59.9. The van der Waals surface area contributed by atoms with E-state index in [2.05, 4.69) is 69.4 Å². The first-order valence-corrected chi connectivity index (χ1v) is 31.2. The lowest BCUT2D eigenvalue weighted by atomic mass is 10.1. The highest BCUT2D eigenvalue weighted by Crippen LogP contribution is 2.16. The van der Waals surface area contributed by atoms with Gasteiger partial charge in [0.1, 0.15) is 13.2 Å². The van der Waals surface area contributed by atoms with Crippen molar-refractivity contribution in [2.75, 3.05) is 13.2 Å². The molecule has 414 valence electrons. The summed E-state index contributed by atoms with van der Waals surface area (Å²) in [5.41, 5.74) is 0. The lowest BCUT2D eigenvalue weighted by Crippen LogP contribution is -2.30. The van der Waals surface area contributed by atoms with Crippen LogP contribution in [0.15, 0.2) is 48.6 Å². The molecule has 0 bridgehead atoms. The Bertz CT molecular complexity index is 1230. The number of rotatable bonds is 57. The number of allylic oxidation sites excluding steroid dienone is 8. The molecule has 0 spiro atoms. The molecule has 0 rings (SSSR count). The van der Waals surface area contributed by atoms with Crippen molar-refractivity contribution in [3.63, 3.8) is 0 Å². The highest BCUT2D eigenvalue weighted by Gasteiger charge is 2.19. The number of hydrogen-bond donors (Lipinski definition) is 0. The van der Waals surface area contributed by atoms with E-state index in [0.717, 1.165) is 70.6 Å². The van der Waals surface area contributed by atoms with Crippen LogP contribution in [0.25, 0.3) is 0 Å². The number of ether oxygens (including phenoxy) is 3. The fraction of sp³-hybridized carbons (Fsp3) is 0.831. The van der Waals surface area contributed by atoms with Gasteiger partial charge in [0.15, 0.2) is 6.10 Å². The molecule has 0 aliphatic heterocycles. The Kier molecular flexibility index (Phi) is 57.7. The Morgan fingerprint density at radius 2 is 0.507 bits per heavy atom. The van der Waals surface area contributed by atoms with Crippen molar-refractivity contribution in [3.8, 4) is 0 Å². The van der Waals surface area contributed by atoms with Crippen molar-refractivity contribution >= 4 is 17.9 Å².